The van der Waals surface area contributed by atoms with Crippen molar-refractivity contribution >= 4 is 37.7 Å². The van der Waals surface area contributed by atoms with Gasteiger partial charge in [-0.3, -0.25) is 9.79 Å². The van der Waals surface area contributed by atoms with E-state index in [9.17, 15) is 23.6 Å². The van der Waals surface area contributed by atoms with Gasteiger partial charge in [0.25, 0.3) is 10.0 Å². The van der Waals surface area contributed by atoms with Crippen LogP contribution >= 0.6 is 16.1 Å². The fourth-order valence-electron chi connectivity index (χ4n) is 4.34. The molecule has 7 nitrogen and oxygen atoms in total. The molecule has 160 valence electrons. The molecule has 3 rings (SSSR count). The number of carbonyl (C=O) groups is 1. The summed E-state index contributed by atoms with van der Waals surface area (Å²) in [4.78, 5) is 17.4. The zero-order valence-corrected chi connectivity index (χ0v) is 19.5. The molecule has 0 spiro atoms. The van der Waals surface area contributed by atoms with Gasteiger partial charge in [0.2, 0.25) is 0 Å². The summed E-state index contributed by atoms with van der Waals surface area (Å²) >= 11 is 2.91. The summed E-state index contributed by atoms with van der Waals surface area (Å²) in [5.41, 5.74) is 2.31. The number of sulfonamides is 1. The molecule has 1 N–H and O–H groups in total. The summed E-state index contributed by atoms with van der Waals surface area (Å²) in [6.07, 6.45) is 2.99. The summed E-state index contributed by atoms with van der Waals surface area (Å²) in [6, 6.07) is 6.46. The Labute approximate surface area is 185 Å². The fraction of sp³-hybridized carbons (Fsp3) is 0.476. The minimum atomic E-state index is -3.98. The maximum Gasteiger partial charge on any atom is 0.255 e. The number of hydrogen-bond donors (Lipinski definition) is 1. The van der Waals surface area contributed by atoms with Crippen molar-refractivity contribution < 1.29 is 18.3 Å². The fourth-order valence-corrected chi connectivity index (χ4v) is 5.70. The van der Waals surface area contributed by atoms with Crippen LogP contribution in [0.2, 0.25) is 0 Å². The normalized spacial score (nSPS) is 24.5. The van der Waals surface area contributed by atoms with E-state index in [1.54, 1.807) is 13.0 Å². The van der Waals surface area contributed by atoms with Crippen LogP contribution in [-0.2, 0) is 14.8 Å². The number of phenols is 1. The predicted molar refractivity (Wildman–Crippen MR) is 117 cm³/mol. The highest BCUT2D eigenvalue weighted by Crippen LogP contribution is 2.46. The van der Waals surface area contributed by atoms with Crippen molar-refractivity contribution in [3.05, 3.63) is 35.0 Å². The number of Topliss-reactive ketones (excluding diaryl/α,β-unsaturated/α-hetero) is 1. The van der Waals surface area contributed by atoms with E-state index in [1.807, 2.05) is 0 Å². The Morgan fingerprint density at radius 1 is 1.37 bits per heavy atom. The van der Waals surface area contributed by atoms with Crippen LogP contribution in [0.25, 0.3) is 0 Å². The first-order valence-electron chi connectivity index (χ1n) is 9.80. The molecule has 2 aliphatic rings. The molecule has 1 aromatic rings. The number of hydrogen-bond acceptors (Lipinski definition) is 6. The van der Waals surface area contributed by atoms with Gasteiger partial charge in [-0.15, -0.1) is 3.33 Å². The summed E-state index contributed by atoms with van der Waals surface area (Å²) in [6.45, 7) is 3.85. The largest absolute Gasteiger partial charge is 0.507 e. The zero-order valence-electron chi connectivity index (χ0n) is 17.1. The summed E-state index contributed by atoms with van der Waals surface area (Å²) in [5.74, 6) is -1.50. The molecule has 1 aromatic carbocycles. The molecular weight excluding hydrogens is 470 g/mol. The SMILES string of the molecule is CCCC1CC(=O)C2=C(C1)N=C(C)C(C#N)C2c1ccc(O)c(S(=O)(=O)N(C)Br)c1. The highest BCUT2D eigenvalue weighted by atomic mass is 79.9. The van der Waals surface area contributed by atoms with Crippen molar-refractivity contribution in [3.63, 3.8) is 0 Å². The highest BCUT2D eigenvalue weighted by molar-refractivity contribution is 9.08. The van der Waals surface area contributed by atoms with Crippen LogP contribution in [0.1, 0.15) is 51.0 Å². The van der Waals surface area contributed by atoms with Gasteiger partial charge in [0.15, 0.2) is 5.78 Å². The van der Waals surface area contributed by atoms with E-state index >= 15 is 0 Å². The van der Waals surface area contributed by atoms with Crippen molar-refractivity contribution in [2.75, 3.05) is 7.05 Å². The predicted octanol–water partition coefficient (Wildman–Crippen LogP) is 4.05. The van der Waals surface area contributed by atoms with Crippen LogP contribution in [0, 0.1) is 23.2 Å². The van der Waals surface area contributed by atoms with Crippen molar-refractivity contribution in [1.29, 1.82) is 5.26 Å². The third-order valence-electron chi connectivity index (χ3n) is 5.76. The van der Waals surface area contributed by atoms with Crippen molar-refractivity contribution in [2.45, 2.75) is 50.3 Å². The molecule has 1 aliphatic heterocycles. The Hall–Kier alpha value is -2.02. The number of benzene rings is 1. The lowest BCUT2D eigenvalue weighted by Gasteiger charge is -2.35. The van der Waals surface area contributed by atoms with Crippen LogP contribution in [-0.4, -0.2) is 35.4 Å². The van der Waals surface area contributed by atoms with Gasteiger partial charge in [-0.2, -0.15) is 5.26 Å². The number of phenolic OH excluding ortho intramolecular Hbond substituents is 1. The standard InChI is InChI=1S/C21H24BrN3O4S/c1-4-5-13-8-16-21(18(27)9-13)20(15(11-23)12(2)24-16)14-6-7-17(26)19(10-14)30(28,29)25(3)22/h6-7,10,13,15,20,26H,4-5,8-9H2,1-3H3. The summed E-state index contributed by atoms with van der Waals surface area (Å²) in [7, 11) is -2.68. The highest BCUT2D eigenvalue weighted by Gasteiger charge is 2.41. The number of allylic oxidation sites excluding steroid dienone is 2. The Bertz CT molecular complexity index is 1090. The van der Waals surface area contributed by atoms with Gasteiger partial charge in [-0.25, -0.2) is 8.42 Å². The Kier molecular flexibility index (Phi) is 6.51. The van der Waals surface area contributed by atoms with E-state index in [1.165, 1.54) is 19.2 Å². The maximum absolute atomic E-state index is 13.1. The molecule has 3 atom stereocenters. The second-order valence-corrected chi connectivity index (χ2v) is 11.3. The molecule has 0 saturated heterocycles. The Balaban J connectivity index is 2.18. The topological polar surface area (TPSA) is 111 Å². The van der Waals surface area contributed by atoms with Gasteiger partial charge in [-0.1, -0.05) is 19.4 Å². The van der Waals surface area contributed by atoms with Gasteiger partial charge in [0.1, 0.15) is 10.6 Å². The summed E-state index contributed by atoms with van der Waals surface area (Å²) in [5, 5.41) is 20.0. The van der Waals surface area contributed by atoms with E-state index in [2.05, 4.69) is 34.1 Å². The van der Waals surface area contributed by atoms with Gasteiger partial charge in [0, 0.05) is 52.5 Å². The van der Waals surface area contributed by atoms with Gasteiger partial charge < -0.3 is 5.11 Å². The first kappa shape index (κ1) is 22.7. The molecule has 3 unspecified atom stereocenters. The van der Waals surface area contributed by atoms with Gasteiger partial charge in [-0.05, 0) is 43.4 Å². The lowest BCUT2D eigenvalue weighted by Crippen LogP contribution is -2.33. The number of carbonyl (C=O) groups excluding carboxylic acids is 1. The average molecular weight is 494 g/mol. The van der Waals surface area contributed by atoms with Crippen LogP contribution in [0.15, 0.2) is 39.4 Å². The average Bonchev–Trinajstić information content (AvgIpc) is 2.67. The number of aromatic hydroxyl groups is 1. The van der Waals surface area contributed by atoms with Crippen molar-refractivity contribution in [1.82, 2.24) is 3.33 Å². The second kappa shape index (κ2) is 8.61. The Morgan fingerprint density at radius 3 is 2.67 bits per heavy atom. The maximum atomic E-state index is 13.1. The summed E-state index contributed by atoms with van der Waals surface area (Å²) < 4.78 is 26.1. The number of nitrogens with zero attached hydrogens (tertiary/aromatic N) is 3. The van der Waals surface area contributed by atoms with Crippen LogP contribution in [0.4, 0.5) is 0 Å². The number of ketones is 1. The molecule has 0 radical (unpaired) electrons. The van der Waals surface area contributed by atoms with E-state index in [4.69, 9.17) is 0 Å². The minimum absolute atomic E-state index is 0.0358. The van der Waals surface area contributed by atoms with Crippen molar-refractivity contribution in [2.24, 2.45) is 16.8 Å². The number of halogens is 1. The molecule has 30 heavy (non-hydrogen) atoms. The Morgan fingerprint density at radius 2 is 2.07 bits per heavy atom. The molecule has 0 aromatic heterocycles. The van der Waals surface area contributed by atoms with Crippen LogP contribution in [0.5, 0.6) is 5.75 Å². The molecule has 0 fully saturated rings. The third-order valence-corrected chi connectivity index (χ3v) is 8.45. The minimum Gasteiger partial charge on any atom is -0.507 e. The van der Waals surface area contributed by atoms with E-state index in [0.717, 1.165) is 16.2 Å². The molecule has 0 amide bonds. The number of rotatable bonds is 5. The molecule has 0 bridgehead atoms. The van der Waals surface area contributed by atoms with Crippen molar-refractivity contribution in [3.8, 4) is 11.8 Å². The molecule has 1 aliphatic carbocycles. The number of aliphatic imine (C=N–C) groups is 1. The van der Waals surface area contributed by atoms with Crippen LogP contribution < -0.4 is 0 Å². The second-order valence-electron chi connectivity index (χ2n) is 7.81. The lowest BCUT2D eigenvalue weighted by molar-refractivity contribution is -0.117. The molecule has 9 heteroatoms. The van der Waals surface area contributed by atoms with E-state index in [0.29, 0.717) is 35.4 Å². The monoisotopic (exact) mass is 493 g/mol. The van der Waals surface area contributed by atoms with Crippen LogP contribution in [0.3, 0.4) is 0 Å². The molecule has 0 saturated carbocycles. The third kappa shape index (κ3) is 3.96. The lowest BCUT2D eigenvalue weighted by atomic mass is 9.70. The number of nitriles is 1. The first-order valence-corrected chi connectivity index (χ1v) is 11.9. The smallest absolute Gasteiger partial charge is 0.255 e. The molecular formula is C21H24BrN3O4S. The molecule has 1 heterocycles. The zero-order chi connectivity index (χ0) is 22.2. The van der Waals surface area contributed by atoms with Gasteiger partial charge >= 0.3 is 0 Å². The van der Waals surface area contributed by atoms with Gasteiger partial charge in [0.05, 0.1) is 12.0 Å². The van der Waals surface area contributed by atoms with E-state index in [-0.39, 0.29) is 16.6 Å². The van der Waals surface area contributed by atoms with E-state index < -0.39 is 27.6 Å². The first-order chi connectivity index (χ1) is 14.1. The quantitative estimate of drug-likeness (QED) is 0.621.